The maximum atomic E-state index is 11.6. The predicted octanol–water partition coefficient (Wildman–Crippen LogP) is 3.20. The quantitative estimate of drug-likeness (QED) is 0.855. The van der Waals surface area contributed by atoms with Crippen molar-refractivity contribution in [3.63, 3.8) is 0 Å². The first-order valence-electron chi connectivity index (χ1n) is 6.84. The third kappa shape index (κ3) is 3.75. The second-order valence-electron chi connectivity index (χ2n) is 4.73. The second kappa shape index (κ2) is 6.79. The number of hydrogen-bond acceptors (Lipinski definition) is 3. The summed E-state index contributed by atoms with van der Waals surface area (Å²) < 4.78 is 5.41. The Morgan fingerprint density at radius 3 is 2.62 bits per heavy atom. The molecule has 21 heavy (non-hydrogen) atoms. The van der Waals surface area contributed by atoms with Gasteiger partial charge in [0.15, 0.2) is 0 Å². The van der Waals surface area contributed by atoms with Gasteiger partial charge < -0.3 is 14.9 Å². The Bertz CT molecular complexity index is 622. The van der Waals surface area contributed by atoms with Crippen LogP contribution < -0.4 is 4.74 Å². The monoisotopic (exact) mass is 286 g/mol. The molecule has 0 aliphatic heterocycles. The van der Waals surface area contributed by atoms with Crippen LogP contribution in [0, 0.1) is 0 Å². The number of phenols is 1. The lowest BCUT2D eigenvalue weighted by Gasteiger charge is -2.15. The van der Waals surface area contributed by atoms with E-state index >= 15 is 0 Å². The molecule has 2 aromatic carbocycles. The highest BCUT2D eigenvalue weighted by molar-refractivity contribution is 5.77. The predicted molar refractivity (Wildman–Crippen MR) is 79.8 cm³/mol. The van der Waals surface area contributed by atoms with E-state index in [9.17, 15) is 15.0 Å². The van der Waals surface area contributed by atoms with Gasteiger partial charge in [-0.05, 0) is 42.7 Å². The van der Waals surface area contributed by atoms with Crippen molar-refractivity contribution < 1.29 is 19.7 Å². The van der Waals surface area contributed by atoms with Gasteiger partial charge >= 0.3 is 5.97 Å². The Morgan fingerprint density at radius 2 is 1.95 bits per heavy atom. The molecule has 0 saturated carbocycles. The molecule has 110 valence electrons. The number of benzene rings is 2. The Kier molecular flexibility index (Phi) is 4.82. The highest BCUT2D eigenvalue weighted by atomic mass is 16.5. The van der Waals surface area contributed by atoms with Gasteiger partial charge in [-0.2, -0.15) is 0 Å². The zero-order chi connectivity index (χ0) is 15.2. The molecule has 0 aromatic heterocycles. The molecule has 0 spiro atoms. The van der Waals surface area contributed by atoms with Gasteiger partial charge in [-0.3, -0.25) is 4.79 Å². The van der Waals surface area contributed by atoms with E-state index in [0.29, 0.717) is 23.5 Å². The molecule has 4 heteroatoms. The van der Waals surface area contributed by atoms with Crippen molar-refractivity contribution in [1.82, 2.24) is 0 Å². The lowest BCUT2D eigenvalue weighted by atomic mass is 9.91. The number of carbonyl (C=O) groups is 1. The van der Waals surface area contributed by atoms with Crippen molar-refractivity contribution >= 4 is 5.97 Å². The Labute approximate surface area is 123 Å². The molecule has 0 aliphatic carbocycles. The highest BCUT2D eigenvalue weighted by Crippen LogP contribution is 2.28. The smallest absolute Gasteiger partial charge is 0.311 e. The molecule has 1 unspecified atom stereocenters. The summed E-state index contributed by atoms with van der Waals surface area (Å²) in [6.07, 6.45) is 0.234. The topological polar surface area (TPSA) is 66.8 Å². The summed E-state index contributed by atoms with van der Waals surface area (Å²) >= 11 is 0. The number of rotatable bonds is 6. The van der Waals surface area contributed by atoms with Crippen LogP contribution in [-0.2, 0) is 11.2 Å². The fourth-order valence-electron chi connectivity index (χ4n) is 2.24. The summed E-state index contributed by atoms with van der Waals surface area (Å²) in [4.78, 5) is 11.6. The molecule has 0 amide bonds. The molecule has 0 bridgehead atoms. The molecule has 1 atom stereocenters. The average Bonchev–Trinajstić information content (AvgIpc) is 2.46. The fourth-order valence-corrected chi connectivity index (χ4v) is 2.24. The van der Waals surface area contributed by atoms with E-state index in [-0.39, 0.29) is 12.2 Å². The molecule has 0 radical (unpaired) electrons. The minimum Gasteiger partial charge on any atom is -0.508 e. The minimum absolute atomic E-state index is 0.115. The Morgan fingerprint density at radius 1 is 1.19 bits per heavy atom. The van der Waals surface area contributed by atoms with Crippen LogP contribution >= 0.6 is 0 Å². The van der Waals surface area contributed by atoms with Gasteiger partial charge in [-0.15, -0.1) is 0 Å². The first-order chi connectivity index (χ1) is 10.1. The molecular formula is C17H18O4. The van der Waals surface area contributed by atoms with Crippen LogP contribution in [0.1, 0.15) is 24.0 Å². The Hall–Kier alpha value is -2.49. The lowest BCUT2D eigenvalue weighted by molar-refractivity contribution is -0.138. The van der Waals surface area contributed by atoms with Crippen LogP contribution in [0.5, 0.6) is 11.5 Å². The van der Waals surface area contributed by atoms with E-state index in [4.69, 9.17) is 4.74 Å². The molecule has 2 N–H and O–H groups in total. The SMILES string of the molecule is CCOc1cccc(C(Cc2ccccc2O)C(=O)O)c1. The van der Waals surface area contributed by atoms with Gasteiger partial charge in [0.05, 0.1) is 12.5 Å². The van der Waals surface area contributed by atoms with E-state index < -0.39 is 11.9 Å². The van der Waals surface area contributed by atoms with Gasteiger partial charge in [0.2, 0.25) is 0 Å². The number of phenolic OH excluding ortho intramolecular Hbond substituents is 1. The van der Waals surface area contributed by atoms with E-state index in [1.165, 1.54) is 0 Å². The largest absolute Gasteiger partial charge is 0.508 e. The third-order valence-electron chi connectivity index (χ3n) is 3.29. The average molecular weight is 286 g/mol. The van der Waals surface area contributed by atoms with Crippen LogP contribution in [-0.4, -0.2) is 22.8 Å². The van der Waals surface area contributed by atoms with E-state index in [0.717, 1.165) is 0 Å². The van der Waals surface area contributed by atoms with Crippen molar-refractivity contribution in [3.05, 3.63) is 59.7 Å². The summed E-state index contributed by atoms with van der Waals surface area (Å²) in [7, 11) is 0. The van der Waals surface area contributed by atoms with Crippen LogP contribution in [0.4, 0.5) is 0 Å². The van der Waals surface area contributed by atoms with Crippen LogP contribution in [0.25, 0.3) is 0 Å². The zero-order valence-corrected chi connectivity index (χ0v) is 11.8. The zero-order valence-electron chi connectivity index (χ0n) is 11.8. The van der Waals surface area contributed by atoms with Gasteiger partial charge in [-0.1, -0.05) is 30.3 Å². The first kappa shape index (κ1) is 14.9. The summed E-state index contributed by atoms with van der Waals surface area (Å²) in [5.74, 6) is -0.881. The first-order valence-corrected chi connectivity index (χ1v) is 6.84. The maximum absolute atomic E-state index is 11.6. The molecule has 2 aromatic rings. The molecule has 0 heterocycles. The van der Waals surface area contributed by atoms with Crippen molar-refractivity contribution in [2.24, 2.45) is 0 Å². The number of aliphatic carboxylic acids is 1. The number of carboxylic acid groups (broad SMARTS) is 1. The van der Waals surface area contributed by atoms with E-state index in [1.807, 2.05) is 6.92 Å². The van der Waals surface area contributed by atoms with Crippen molar-refractivity contribution in [3.8, 4) is 11.5 Å². The van der Waals surface area contributed by atoms with Crippen LogP contribution in [0.2, 0.25) is 0 Å². The fraction of sp³-hybridized carbons (Fsp3) is 0.235. The molecule has 0 fully saturated rings. The summed E-state index contributed by atoms with van der Waals surface area (Å²) in [5, 5.41) is 19.3. The molecular weight excluding hydrogens is 268 g/mol. The van der Waals surface area contributed by atoms with Gasteiger partial charge in [-0.25, -0.2) is 0 Å². The minimum atomic E-state index is -0.924. The summed E-state index contributed by atoms with van der Waals surface area (Å²) in [6.45, 7) is 2.41. The number of aromatic hydroxyl groups is 1. The van der Waals surface area contributed by atoms with Crippen molar-refractivity contribution in [1.29, 1.82) is 0 Å². The molecule has 4 nitrogen and oxygen atoms in total. The van der Waals surface area contributed by atoms with Crippen molar-refractivity contribution in [2.45, 2.75) is 19.3 Å². The molecule has 2 rings (SSSR count). The van der Waals surface area contributed by atoms with E-state index in [2.05, 4.69) is 0 Å². The highest BCUT2D eigenvalue weighted by Gasteiger charge is 2.22. The normalized spacial score (nSPS) is 11.9. The lowest BCUT2D eigenvalue weighted by Crippen LogP contribution is -2.14. The van der Waals surface area contributed by atoms with Crippen molar-refractivity contribution in [2.75, 3.05) is 6.61 Å². The molecule has 0 saturated heterocycles. The third-order valence-corrected chi connectivity index (χ3v) is 3.29. The molecule has 0 aliphatic rings. The standard InChI is InChI=1S/C17H18O4/c1-2-21-14-8-5-7-12(10-14)15(17(19)20)11-13-6-3-4-9-16(13)18/h3-10,15,18H,2,11H2,1H3,(H,19,20). The van der Waals surface area contributed by atoms with Crippen LogP contribution in [0.15, 0.2) is 48.5 Å². The summed E-state index contributed by atoms with van der Waals surface area (Å²) in [5.41, 5.74) is 1.28. The Balaban J connectivity index is 2.29. The maximum Gasteiger partial charge on any atom is 0.311 e. The summed E-state index contributed by atoms with van der Waals surface area (Å²) in [6, 6.07) is 13.9. The number of carboxylic acids is 1. The number of para-hydroxylation sites is 1. The van der Waals surface area contributed by atoms with Gasteiger partial charge in [0.25, 0.3) is 0 Å². The number of ether oxygens (including phenoxy) is 1. The van der Waals surface area contributed by atoms with E-state index in [1.54, 1.807) is 48.5 Å². The van der Waals surface area contributed by atoms with Gasteiger partial charge in [0, 0.05) is 0 Å². The van der Waals surface area contributed by atoms with Crippen LogP contribution in [0.3, 0.4) is 0 Å². The van der Waals surface area contributed by atoms with Gasteiger partial charge in [0.1, 0.15) is 11.5 Å². The number of hydrogen-bond donors (Lipinski definition) is 2. The second-order valence-corrected chi connectivity index (χ2v) is 4.73.